The number of carbonyl (C=O) groups excluding carboxylic acids is 1. The van der Waals surface area contributed by atoms with E-state index in [2.05, 4.69) is 9.88 Å². The molecule has 0 atom stereocenters. The molecule has 0 amide bonds. The first-order valence-corrected chi connectivity index (χ1v) is 6.54. The number of esters is 1. The van der Waals surface area contributed by atoms with Crippen LogP contribution in [0, 0.1) is 0 Å². The molecule has 2 aromatic rings. The molecular weight excluding hydrogens is 260 g/mol. The highest BCUT2D eigenvalue weighted by Crippen LogP contribution is 2.19. The maximum Gasteiger partial charge on any atom is 0.337 e. The summed E-state index contributed by atoms with van der Waals surface area (Å²) < 4.78 is 15.7. The van der Waals surface area contributed by atoms with Gasteiger partial charge in [-0.3, -0.25) is 4.90 Å². The zero-order chi connectivity index (χ0) is 13.9. The SMILES string of the molecule is COC(=O)c1ccc2oc(CN3CCOCC3)nc2c1. The first-order valence-electron chi connectivity index (χ1n) is 6.54. The molecule has 6 heteroatoms. The number of aromatic nitrogens is 1. The molecule has 106 valence electrons. The number of fused-ring (bicyclic) bond motifs is 1. The molecule has 0 aliphatic carbocycles. The number of morpholine rings is 1. The zero-order valence-corrected chi connectivity index (χ0v) is 11.3. The van der Waals surface area contributed by atoms with E-state index in [-0.39, 0.29) is 5.97 Å². The molecule has 1 aliphatic rings. The standard InChI is InChI=1S/C14H16N2O4/c1-18-14(17)10-2-3-12-11(8-10)15-13(20-12)9-16-4-6-19-7-5-16/h2-3,8H,4-7,9H2,1H3. The van der Waals surface area contributed by atoms with Crippen LogP contribution in [0.5, 0.6) is 0 Å². The van der Waals surface area contributed by atoms with Gasteiger partial charge in [-0.25, -0.2) is 9.78 Å². The highest BCUT2D eigenvalue weighted by atomic mass is 16.5. The van der Waals surface area contributed by atoms with Crippen molar-refractivity contribution in [1.29, 1.82) is 0 Å². The summed E-state index contributed by atoms with van der Waals surface area (Å²) in [6, 6.07) is 5.11. The van der Waals surface area contributed by atoms with Crippen molar-refractivity contribution in [2.45, 2.75) is 6.54 Å². The lowest BCUT2D eigenvalue weighted by Gasteiger charge is -2.24. The summed E-state index contributed by atoms with van der Waals surface area (Å²) in [5.41, 5.74) is 1.84. The van der Waals surface area contributed by atoms with Gasteiger partial charge in [-0.15, -0.1) is 0 Å². The predicted octanol–water partition coefficient (Wildman–Crippen LogP) is 1.45. The first-order chi connectivity index (χ1) is 9.76. The van der Waals surface area contributed by atoms with E-state index < -0.39 is 0 Å². The number of rotatable bonds is 3. The monoisotopic (exact) mass is 276 g/mol. The van der Waals surface area contributed by atoms with Crippen LogP contribution in [-0.2, 0) is 16.0 Å². The number of hydrogen-bond acceptors (Lipinski definition) is 6. The van der Waals surface area contributed by atoms with Crippen LogP contribution in [0.15, 0.2) is 22.6 Å². The molecule has 1 aromatic carbocycles. The van der Waals surface area contributed by atoms with Crippen molar-refractivity contribution in [3.8, 4) is 0 Å². The molecular formula is C14H16N2O4. The Morgan fingerprint density at radius 1 is 1.40 bits per heavy atom. The van der Waals surface area contributed by atoms with E-state index in [0.717, 1.165) is 26.3 Å². The second-order valence-electron chi connectivity index (χ2n) is 4.67. The van der Waals surface area contributed by atoms with Gasteiger partial charge in [0.15, 0.2) is 5.58 Å². The molecule has 0 spiro atoms. The van der Waals surface area contributed by atoms with Crippen LogP contribution in [0.2, 0.25) is 0 Å². The van der Waals surface area contributed by atoms with Gasteiger partial charge in [0.25, 0.3) is 0 Å². The van der Waals surface area contributed by atoms with Crippen LogP contribution in [0.4, 0.5) is 0 Å². The summed E-state index contributed by atoms with van der Waals surface area (Å²) in [6.07, 6.45) is 0. The van der Waals surface area contributed by atoms with E-state index in [9.17, 15) is 4.79 Å². The average molecular weight is 276 g/mol. The molecule has 0 bridgehead atoms. The van der Waals surface area contributed by atoms with Crippen molar-refractivity contribution in [2.75, 3.05) is 33.4 Å². The van der Waals surface area contributed by atoms with Gasteiger partial charge in [0.2, 0.25) is 5.89 Å². The lowest BCUT2D eigenvalue weighted by Crippen LogP contribution is -2.35. The lowest BCUT2D eigenvalue weighted by molar-refractivity contribution is 0.0308. The second-order valence-corrected chi connectivity index (χ2v) is 4.67. The highest BCUT2D eigenvalue weighted by Gasteiger charge is 2.15. The van der Waals surface area contributed by atoms with Crippen molar-refractivity contribution in [3.05, 3.63) is 29.7 Å². The Kier molecular flexibility index (Phi) is 3.66. The molecule has 0 N–H and O–H groups in total. The zero-order valence-electron chi connectivity index (χ0n) is 11.3. The van der Waals surface area contributed by atoms with Crippen LogP contribution >= 0.6 is 0 Å². The molecule has 3 rings (SSSR count). The van der Waals surface area contributed by atoms with Gasteiger partial charge in [-0.05, 0) is 18.2 Å². The van der Waals surface area contributed by atoms with Crippen molar-refractivity contribution in [1.82, 2.24) is 9.88 Å². The minimum absolute atomic E-state index is 0.371. The summed E-state index contributed by atoms with van der Waals surface area (Å²) in [7, 11) is 1.36. The van der Waals surface area contributed by atoms with Crippen molar-refractivity contribution < 1.29 is 18.7 Å². The normalized spacial score (nSPS) is 16.4. The Hall–Kier alpha value is -1.92. The Labute approximate surface area is 116 Å². The Morgan fingerprint density at radius 2 is 2.20 bits per heavy atom. The molecule has 2 heterocycles. The van der Waals surface area contributed by atoms with Gasteiger partial charge in [0.1, 0.15) is 5.52 Å². The van der Waals surface area contributed by atoms with Crippen LogP contribution in [0.3, 0.4) is 0 Å². The van der Waals surface area contributed by atoms with Crippen LogP contribution in [0.25, 0.3) is 11.1 Å². The molecule has 1 aliphatic heterocycles. The third-order valence-corrected chi connectivity index (χ3v) is 3.32. The van der Waals surface area contributed by atoms with Crippen molar-refractivity contribution in [3.63, 3.8) is 0 Å². The molecule has 1 saturated heterocycles. The molecule has 6 nitrogen and oxygen atoms in total. The number of carbonyl (C=O) groups is 1. The van der Waals surface area contributed by atoms with Gasteiger partial charge in [0, 0.05) is 13.1 Å². The Balaban J connectivity index is 1.81. The topological polar surface area (TPSA) is 64.8 Å². The van der Waals surface area contributed by atoms with E-state index in [0.29, 0.717) is 29.1 Å². The first kappa shape index (κ1) is 13.1. The van der Waals surface area contributed by atoms with Gasteiger partial charge in [-0.2, -0.15) is 0 Å². The third-order valence-electron chi connectivity index (χ3n) is 3.32. The number of benzene rings is 1. The fraction of sp³-hybridized carbons (Fsp3) is 0.429. The van der Waals surface area contributed by atoms with Crippen LogP contribution in [-0.4, -0.2) is 49.3 Å². The second kappa shape index (κ2) is 5.60. The van der Waals surface area contributed by atoms with Gasteiger partial charge < -0.3 is 13.9 Å². The summed E-state index contributed by atoms with van der Waals surface area (Å²) in [5.74, 6) is 0.286. The average Bonchev–Trinajstić information content (AvgIpc) is 2.88. The Bertz CT molecular complexity index is 617. The Morgan fingerprint density at radius 3 is 2.95 bits per heavy atom. The highest BCUT2D eigenvalue weighted by molar-refractivity contribution is 5.93. The maximum atomic E-state index is 11.5. The number of nitrogens with zero attached hydrogens (tertiary/aromatic N) is 2. The summed E-state index contributed by atoms with van der Waals surface area (Å²) in [6.45, 7) is 3.91. The molecule has 0 radical (unpaired) electrons. The molecule has 1 fully saturated rings. The number of methoxy groups -OCH3 is 1. The van der Waals surface area contributed by atoms with Gasteiger partial charge in [-0.1, -0.05) is 0 Å². The fourth-order valence-electron chi connectivity index (χ4n) is 2.24. The maximum absolute atomic E-state index is 11.5. The summed E-state index contributed by atoms with van der Waals surface area (Å²) in [5, 5.41) is 0. The van der Waals surface area contributed by atoms with Crippen LogP contribution < -0.4 is 0 Å². The third kappa shape index (κ3) is 2.66. The van der Waals surface area contributed by atoms with Crippen molar-refractivity contribution >= 4 is 17.1 Å². The van der Waals surface area contributed by atoms with Crippen LogP contribution in [0.1, 0.15) is 16.2 Å². The van der Waals surface area contributed by atoms with Gasteiger partial charge in [0.05, 0.1) is 32.4 Å². The van der Waals surface area contributed by atoms with E-state index in [1.54, 1.807) is 18.2 Å². The number of oxazole rings is 1. The van der Waals surface area contributed by atoms with E-state index in [4.69, 9.17) is 13.9 Å². The predicted molar refractivity (Wildman–Crippen MR) is 71.4 cm³/mol. The molecule has 0 unspecified atom stereocenters. The van der Waals surface area contributed by atoms with Crippen molar-refractivity contribution in [2.24, 2.45) is 0 Å². The smallest absolute Gasteiger partial charge is 0.337 e. The minimum atomic E-state index is -0.371. The number of ether oxygens (including phenoxy) is 2. The van der Waals surface area contributed by atoms with E-state index in [1.807, 2.05) is 0 Å². The summed E-state index contributed by atoms with van der Waals surface area (Å²) in [4.78, 5) is 18.1. The molecule has 0 saturated carbocycles. The summed E-state index contributed by atoms with van der Waals surface area (Å²) >= 11 is 0. The quantitative estimate of drug-likeness (QED) is 0.790. The van der Waals surface area contributed by atoms with E-state index in [1.165, 1.54) is 7.11 Å². The molecule has 1 aromatic heterocycles. The largest absolute Gasteiger partial charge is 0.465 e. The minimum Gasteiger partial charge on any atom is -0.465 e. The van der Waals surface area contributed by atoms with E-state index >= 15 is 0 Å². The fourth-order valence-corrected chi connectivity index (χ4v) is 2.24. The van der Waals surface area contributed by atoms with Gasteiger partial charge >= 0.3 is 5.97 Å². The lowest BCUT2D eigenvalue weighted by atomic mass is 10.2. The molecule has 20 heavy (non-hydrogen) atoms. The number of hydrogen-bond donors (Lipinski definition) is 0.